The summed E-state index contributed by atoms with van der Waals surface area (Å²) in [5.41, 5.74) is 3.70. The summed E-state index contributed by atoms with van der Waals surface area (Å²) in [6, 6.07) is 9.02. The summed E-state index contributed by atoms with van der Waals surface area (Å²) in [6.07, 6.45) is 7.54. The van der Waals surface area contributed by atoms with Crippen LogP contribution in [0.2, 0.25) is 0 Å². The molecular formula is C23H32N2. The molecule has 2 heteroatoms. The minimum absolute atomic E-state index is 0.600. The maximum absolute atomic E-state index is 4.53. The van der Waals surface area contributed by atoms with E-state index in [1.165, 1.54) is 67.4 Å². The van der Waals surface area contributed by atoms with Crippen LogP contribution >= 0.6 is 0 Å². The van der Waals surface area contributed by atoms with Crippen LogP contribution in [0.3, 0.4) is 0 Å². The molecule has 2 saturated heterocycles. The van der Waals surface area contributed by atoms with Crippen LogP contribution in [0.4, 0.5) is 0 Å². The third-order valence-electron chi connectivity index (χ3n) is 5.44. The predicted molar refractivity (Wildman–Crippen MR) is 109 cm³/mol. The smallest absolute Gasteiger partial charge is 0.0417 e. The molecule has 2 fully saturated rings. The fraction of sp³-hybridized carbons (Fsp3) is 0.478. The van der Waals surface area contributed by atoms with Gasteiger partial charge in [0.2, 0.25) is 0 Å². The molecule has 2 heterocycles. The van der Waals surface area contributed by atoms with Crippen LogP contribution in [0.5, 0.6) is 0 Å². The number of allylic oxidation sites excluding steroid dienone is 2. The first-order chi connectivity index (χ1) is 12.1. The molecule has 0 radical (unpaired) electrons. The third kappa shape index (κ3) is 4.24. The van der Waals surface area contributed by atoms with Crippen molar-refractivity contribution >= 4 is 12.2 Å². The molecule has 134 valence electrons. The predicted octanol–water partition coefficient (Wildman–Crippen LogP) is 3.29. The zero-order chi connectivity index (χ0) is 17.8. The minimum Gasteiger partial charge on any atom is -0.367 e. The monoisotopic (exact) mass is 336 g/mol. The van der Waals surface area contributed by atoms with Crippen molar-refractivity contribution in [2.24, 2.45) is 0 Å². The van der Waals surface area contributed by atoms with Gasteiger partial charge in [0.05, 0.1) is 0 Å². The van der Waals surface area contributed by atoms with Crippen LogP contribution in [0.25, 0.3) is 12.2 Å². The Kier molecular flexibility index (Phi) is 5.80. The summed E-state index contributed by atoms with van der Waals surface area (Å²) < 4.78 is 0. The molecule has 0 aromatic heterocycles. The topological polar surface area (TPSA) is 6.48 Å². The molecule has 0 saturated carbocycles. The van der Waals surface area contributed by atoms with Crippen LogP contribution in [-0.4, -0.2) is 42.0 Å². The van der Waals surface area contributed by atoms with Crippen LogP contribution in [0.1, 0.15) is 39.5 Å². The summed E-state index contributed by atoms with van der Waals surface area (Å²) in [5.74, 6) is 0. The van der Waals surface area contributed by atoms with Gasteiger partial charge in [0.15, 0.2) is 0 Å². The van der Waals surface area contributed by atoms with Gasteiger partial charge in [-0.2, -0.15) is 0 Å². The van der Waals surface area contributed by atoms with Gasteiger partial charge in [-0.15, -0.1) is 0 Å². The highest BCUT2D eigenvalue weighted by Crippen LogP contribution is 2.28. The van der Waals surface area contributed by atoms with Gasteiger partial charge in [-0.05, 0) is 63.1 Å². The SMILES string of the molecule is C=C(/C(C=C(C)C)=c1\ccccc1=C)N1CCCC1CN1CCCC1. The van der Waals surface area contributed by atoms with Gasteiger partial charge in [-0.1, -0.05) is 49.1 Å². The van der Waals surface area contributed by atoms with Crippen LogP contribution < -0.4 is 10.4 Å². The molecule has 3 rings (SSSR count). The second-order valence-corrected chi connectivity index (χ2v) is 7.74. The van der Waals surface area contributed by atoms with E-state index in [0.717, 1.165) is 11.8 Å². The molecule has 2 aliphatic heterocycles. The van der Waals surface area contributed by atoms with E-state index >= 15 is 0 Å². The lowest BCUT2D eigenvalue weighted by Crippen LogP contribution is -2.40. The van der Waals surface area contributed by atoms with E-state index in [-0.39, 0.29) is 0 Å². The third-order valence-corrected chi connectivity index (χ3v) is 5.44. The van der Waals surface area contributed by atoms with E-state index in [2.05, 4.69) is 67.1 Å². The Labute approximate surface area is 152 Å². The zero-order valence-corrected chi connectivity index (χ0v) is 15.9. The number of rotatable bonds is 5. The molecule has 1 atom stereocenters. The van der Waals surface area contributed by atoms with Crippen LogP contribution in [0.15, 0.2) is 48.2 Å². The lowest BCUT2D eigenvalue weighted by Gasteiger charge is -2.32. The Bertz CT molecular complexity index is 749. The number of hydrogen-bond acceptors (Lipinski definition) is 2. The summed E-state index contributed by atoms with van der Waals surface area (Å²) in [4.78, 5) is 5.19. The van der Waals surface area contributed by atoms with E-state index in [0.29, 0.717) is 6.04 Å². The number of likely N-dealkylation sites (tertiary alicyclic amines) is 2. The average molecular weight is 337 g/mol. The second-order valence-electron chi connectivity index (χ2n) is 7.74. The Morgan fingerprint density at radius 2 is 1.84 bits per heavy atom. The zero-order valence-electron chi connectivity index (χ0n) is 15.9. The lowest BCUT2D eigenvalue weighted by molar-refractivity contribution is 0.231. The quantitative estimate of drug-likeness (QED) is 0.814. The molecule has 0 spiro atoms. The summed E-state index contributed by atoms with van der Waals surface area (Å²) in [7, 11) is 0. The molecule has 1 aromatic carbocycles. The first-order valence-corrected chi connectivity index (χ1v) is 9.68. The highest BCUT2D eigenvalue weighted by molar-refractivity contribution is 5.72. The molecule has 1 aromatic rings. The normalized spacial score (nSPS) is 22.2. The molecule has 2 nitrogen and oxygen atoms in total. The Balaban J connectivity index is 1.92. The van der Waals surface area contributed by atoms with E-state index in [1.54, 1.807) is 0 Å². The summed E-state index contributed by atoms with van der Waals surface area (Å²) >= 11 is 0. The maximum atomic E-state index is 4.53. The first-order valence-electron chi connectivity index (χ1n) is 9.68. The van der Waals surface area contributed by atoms with E-state index in [9.17, 15) is 0 Å². The number of benzene rings is 1. The van der Waals surface area contributed by atoms with Gasteiger partial charge in [0.1, 0.15) is 0 Å². The van der Waals surface area contributed by atoms with Crippen molar-refractivity contribution in [2.45, 2.75) is 45.6 Å². The van der Waals surface area contributed by atoms with Gasteiger partial charge in [-0.3, -0.25) is 0 Å². The molecule has 0 amide bonds. The minimum atomic E-state index is 0.600. The van der Waals surface area contributed by atoms with Crippen LogP contribution in [0, 0.1) is 0 Å². The Hall–Kier alpha value is -1.80. The maximum Gasteiger partial charge on any atom is 0.0417 e. The fourth-order valence-electron chi connectivity index (χ4n) is 4.19. The molecule has 2 aliphatic rings. The number of nitrogens with zero attached hydrogens (tertiary/aromatic N) is 2. The van der Waals surface area contributed by atoms with E-state index < -0.39 is 0 Å². The van der Waals surface area contributed by atoms with Crippen LogP contribution in [-0.2, 0) is 0 Å². The Morgan fingerprint density at radius 1 is 1.12 bits per heavy atom. The van der Waals surface area contributed by atoms with Gasteiger partial charge >= 0.3 is 0 Å². The molecule has 25 heavy (non-hydrogen) atoms. The van der Waals surface area contributed by atoms with Crippen molar-refractivity contribution in [3.63, 3.8) is 0 Å². The van der Waals surface area contributed by atoms with Gasteiger partial charge in [0.25, 0.3) is 0 Å². The van der Waals surface area contributed by atoms with Gasteiger partial charge in [0, 0.05) is 30.4 Å². The van der Waals surface area contributed by atoms with Gasteiger partial charge in [-0.25, -0.2) is 0 Å². The second kappa shape index (κ2) is 8.05. The summed E-state index contributed by atoms with van der Waals surface area (Å²) in [6.45, 7) is 17.9. The number of hydrogen-bond donors (Lipinski definition) is 0. The molecule has 0 bridgehead atoms. The van der Waals surface area contributed by atoms with Crippen molar-refractivity contribution in [1.82, 2.24) is 9.80 Å². The standard InChI is InChI=1S/C23H32N2/c1-18(2)16-23(22-12-6-5-10-19(22)3)20(4)25-15-9-11-21(25)17-24-13-7-8-14-24/h5-6,10,12,16,21H,3-4,7-9,11,13-15,17H2,1-2H3/b23-22+. The van der Waals surface area contributed by atoms with Crippen molar-refractivity contribution in [3.05, 3.63) is 58.6 Å². The fourth-order valence-corrected chi connectivity index (χ4v) is 4.19. The largest absolute Gasteiger partial charge is 0.367 e. The molecule has 1 unspecified atom stereocenters. The molecule has 0 aliphatic carbocycles. The van der Waals surface area contributed by atoms with Crippen molar-refractivity contribution in [1.29, 1.82) is 0 Å². The van der Waals surface area contributed by atoms with Gasteiger partial charge < -0.3 is 9.80 Å². The van der Waals surface area contributed by atoms with E-state index in [1.807, 2.05) is 0 Å². The molecular weight excluding hydrogens is 304 g/mol. The first kappa shape index (κ1) is 18.0. The average Bonchev–Trinajstić information content (AvgIpc) is 3.25. The molecule has 0 N–H and O–H groups in total. The highest BCUT2D eigenvalue weighted by Gasteiger charge is 2.29. The van der Waals surface area contributed by atoms with Crippen molar-refractivity contribution in [2.75, 3.05) is 26.2 Å². The highest BCUT2D eigenvalue weighted by atomic mass is 15.2. The van der Waals surface area contributed by atoms with E-state index in [4.69, 9.17) is 0 Å². The lowest BCUT2D eigenvalue weighted by atomic mass is 10.0. The van der Waals surface area contributed by atoms with Crippen molar-refractivity contribution in [3.8, 4) is 0 Å². The van der Waals surface area contributed by atoms with Crippen molar-refractivity contribution < 1.29 is 0 Å². The summed E-state index contributed by atoms with van der Waals surface area (Å²) in [5, 5.41) is 2.28. The Morgan fingerprint density at radius 3 is 2.52 bits per heavy atom.